The Bertz CT molecular complexity index is 1920. The van der Waals surface area contributed by atoms with Gasteiger partial charge < -0.3 is 51.9 Å². The lowest BCUT2D eigenvalue weighted by Crippen LogP contribution is -2.37. The minimum absolute atomic E-state index is 0.401. The molecule has 6 rings (SSSR count). The lowest BCUT2D eigenvalue weighted by Gasteiger charge is -2.44. The molecule has 5 aromatic carbocycles. The first-order chi connectivity index (χ1) is 24.0. The fourth-order valence-corrected chi connectivity index (χ4v) is 11.9. The Hall–Kier alpha value is -4.93. The van der Waals surface area contributed by atoms with E-state index in [1.54, 1.807) is 121 Å². The summed E-state index contributed by atoms with van der Waals surface area (Å²) >= 11 is 0. The number of rotatable bonds is 12. The Morgan fingerprint density at radius 2 is 0.900 bits per heavy atom. The molecule has 5 aromatic rings. The Kier molecular flexibility index (Phi) is 10.7. The van der Waals surface area contributed by atoms with Gasteiger partial charge in [0.25, 0.3) is 0 Å². The molecule has 0 radical (unpaired) electrons. The number of benzene rings is 5. The molecule has 3 unspecified atom stereocenters. The van der Waals surface area contributed by atoms with Crippen molar-refractivity contribution in [1.82, 2.24) is 9.21 Å². The van der Waals surface area contributed by atoms with Gasteiger partial charge in [0, 0.05) is 37.6 Å². The Morgan fingerprint density at radius 3 is 1.34 bits per heavy atom. The molecule has 14 nitrogen and oxygen atoms in total. The van der Waals surface area contributed by atoms with Crippen molar-refractivity contribution < 1.29 is 27.8 Å². The molecule has 0 saturated heterocycles. The SMILES string of the molecule is CC(C)OP1(Oc2ccc(N)cc2)=NP(Oc2ccc(N)cc2)N(Oc2ccc(N)cc2)P(Oc2ccc(N)cc2)N1Oc1ccc(N)cc1. The predicted molar refractivity (Wildman–Crippen MR) is 200 cm³/mol. The van der Waals surface area contributed by atoms with Crippen molar-refractivity contribution in [2.75, 3.05) is 28.7 Å². The van der Waals surface area contributed by atoms with Crippen LogP contribution in [0.25, 0.3) is 0 Å². The van der Waals surface area contributed by atoms with Gasteiger partial charge in [-0.3, -0.25) is 4.52 Å². The highest BCUT2D eigenvalue weighted by Crippen LogP contribution is 2.78. The summed E-state index contributed by atoms with van der Waals surface area (Å²) < 4.78 is 35.0. The molecular weight excluding hydrogens is 697 g/mol. The second-order valence-electron chi connectivity index (χ2n) is 11.0. The van der Waals surface area contributed by atoms with E-state index in [0.29, 0.717) is 57.2 Å². The molecule has 50 heavy (non-hydrogen) atoms. The van der Waals surface area contributed by atoms with Gasteiger partial charge in [-0.2, -0.15) is 0 Å². The van der Waals surface area contributed by atoms with E-state index in [4.69, 9.17) is 61.0 Å². The van der Waals surface area contributed by atoms with Crippen LogP contribution in [0, 0.1) is 0 Å². The van der Waals surface area contributed by atoms with Crippen LogP contribution in [-0.2, 0) is 4.52 Å². The van der Waals surface area contributed by atoms with Gasteiger partial charge in [-0.25, -0.2) is 0 Å². The third kappa shape index (κ3) is 8.61. The molecule has 17 heteroatoms. The Morgan fingerprint density at radius 1 is 0.520 bits per heavy atom. The highest BCUT2D eigenvalue weighted by Gasteiger charge is 2.57. The van der Waals surface area contributed by atoms with Crippen molar-refractivity contribution in [3.8, 4) is 28.7 Å². The summed E-state index contributed by atoms with van der Waals surface area (Å²) in [6.45, 7) is 3.74. The Labute approximate surface area is 292 Å². The third-order valence-corrected chi connectivity index (χ3v) is 13.7. The van der Waals surface area contributed by atoms with Crippen LogP contribution in [0.2, 0.25) is 0 Å². The molecule has 0 spiro atoms. The topological polar surface area (TPSA) is 204 Å². The molecule has 1 aliphatic rings. The Balaban J connectivity index is 1.58. The van der Waals surface area contributed by atoms with Crippen molar-refractivity contribution in [3.63, 3.8) is 0 Å². The van der Waals surface area contributed by atoms with Crippen LogP contribution in [0.15, 0.2) is 126 Å². The van der Waals surface area contributed by atoms with E-state index in [-0.39, 0.29) is 0 Å². The molecule has 0 aromatic heterocycles. The maximum Gasteiger partial charge on any atom is 0.393 e. The minimum atomic E-state index is -3.75. The lowest BCUT2D eigenvalue weighted by molar-refractivity contribution is 0.0432. The molecule has 1 heterocycles. The standard InChI is InChI=1S/C33H37N8O6P3/c1-23(2)46-50(47-33-21-11-28(38)12-22-33)39-48(44-31-17-7-26(36)8-18-31)40(42-29-13-3-24(34)4-14-29)49(45-32-19-9-27(37)10-20-32)41(50)43-30-15-5-25(35)6-16-30/h3-23H,34-38H2,1-2H3. The van der Waals surface area contributed by atoms with Crippen molar-refractivity contribution in [2.45, 2.75) is 20.0 Å². The summed E-state index contributed by atoms with van der Waals surface area (Å²) in [5, 5.41) is 0. The fourth-order valence-electron chi connectivity index (χ4n) is 4.24. The zero-order chi connectivity index (χ0) is 35.3. The van der Waals surface area contributed by atoms with E-state index < -0.39 is 30.7 Å². The molecule has 10 N–H and O–H groups in total. The maximum atomic E-state index is 6.78. The summed E-state index contributed by atoms with van der Waals surface area (Å²) in [6, 6.07) is 34.4. The highest BCUT2D eigenvalue weighted by atomic mass is 31.3. The quantitative estimate of drug-likeness (QED) is 0.0603. The molecule has 0 fully saturated rings. The molecule has 1 aliphatic heterocycles. The highest BCUT2D eigenvalue weighted by molar-refractivity contribution is 7.78. The van der Waals surface area contributed by atoms with Crippen molar-refractivity contribution in [2.24, 2.45) is 4.52 Å². The van der Waals surface area contributed by atoms with E-state index in [1.165, 1.54) is 9.21 Å². The molecule has 3 atom stereocenters. The van der Waals surface area contributed by atoms with Crippen LogP contribution in [0.4, 0.5) is 28.4 Å². The summed E-state index contributed by atoms with van der Waals surface area (Å²) in [6.07, 6.45) is -0.412. The zero-order valence-corrected chi connectivity index (χ0v) is 29.8. The molecule has 0 aliphatic carbocycles. The molecule has 0 saturated carbocycles. The van der Waals surface area contributed by atoms with Crippen LogP contribution in [0.1, 0.15) is 13.8 Å². The van der Waals surface area contributed by atoms with Crippen LogP contribution in [-0.4, -0.2) is 15.3 Å². The second-order valence-corrected chi connectivity index (χ2v) is 16.6. The summed E-state index contributed by atoms with van der Waals surface area (Å²) in [5.41, 5.74) is 32.9. The first kappa shape index (κ1) is 34.9. The number of nitrogens with two attached hydrogens (primary N) is 5. The van der Waals surface area contributed by atoms with Gasteiger partial charge in [0.2, 0.25) is 0 Å². The largest absolute Gasteiger partial charge is 0.440 e. The predicted octanol–water partition coefficient (Wildman–Crippen LogP) is 8.57. The van der Waals surface area contributed by atoms with E-state index in [0.717, 1.165) is 0 Å². The molecule has 0 bridgehead atoms. The van der Waals surface area contributed by atoms with E-state index in [9.17, 15) is 0 Å². The van der Waals surface area contributed by atoms with Gasteiger partial charge in [0.05, 0.1) is 6.10 Å². The number of anilines is 5. The van der Waals surface area contributed by atoms with Gasteiger partial charge in [0.1, 0.15) is 28.7 Å². The average Bonchev–Trinajstić information content (AvgIpc) is 3.09. The van der Waals surface area contributed by atoms with Crippen molar-refractivity contribution >= 4 is 53.0 Å². The van der Waals surface area contributed by atoms with E-state index >= 15 is 0 Å². The van der Waals surface area contributed by atoms with Gasteiger partial charge in [-0.15, -0.1) is 4.52 Å². The normalized spacial score (nSPS) is 19.3. The van der Waals surface area contributed by atoms with Crippen LogP contribution in [0.3, 0.4) is 0 Å². The average molecular weight is 735 g/mol. The van der Waals surface area contributed by atoms with E-state index in [2.05, 4.69) is 0 Å². The third-order valence-electron chi connectivity index (χ3n) is 6.57. The summed E-state index contributed by atoms with van der Waals surface area (Å²) in [5.74, 6) is 2.16. The molecular formula is C33H37N8O6P3. The van der Waals surface area contributed by atoms with Gasteiger partial charge in [-0.05, 0) is 135 Å². The summed E-state index contributed by atoms with van der Waals surface area (Å²) in [4.78, 5) is 13.2. The maximum absolute atomic E-state index is 6.78. The van der Waals surface area contributed by atoms with Crippen LogP contribution in [0.5, 0.6) is 28.7 Å². The number of nitrogens with zero attached hydrogens (tertiary/aromatic N) is 3. The number of hydrogen-bond acceptors (Lipinski definition) is 14. The van der Waals surface area contributed by atoms with Crippen LogP contribution < -0.4 is 51.9 Å². The number of hydrogen-bond donors (Lipinski definition) is 5. The monoisotopic (exact) mass is 734 g/mol. The molecule has 0 amide bonds. The fraction of sp³-hybridized carbons (Fsp3) is 0.0909. The van der Waals surface area contributed by atoms with Crippen molar-refractivity contribution in [1.29, 1.82) is 0 Å². The number of nitrogen functional groups attached to an aromatic ring is 5. The lowest BCUT2D eigenvalue weighted by atomic mass is 10.3. The van der Waals surface area contributed by atoms with Crippen molar-refractivity contribution in [3.05, 3.63) is 121 Å². The second kappa shape index (κ2) is 15.3. The van der Waals surface area contributed by atoms with Gasteiger partial charge >= 0.3 is 24.6 Å². The zero-order valence-electron chi connectivity index (χ0n) is 27.1. The van der Waals surface area contributed by atoms with Gasteiger partial charge in [-0.1, -0.05) is 0 Å². The first-order valence-corrected chi connectivity index (χ1v) is 19.1. The minimum Gasteiger partial charge on any atom is -0.440 e. The van der Waals surface area contributed by atoms with Crippen LogP contribution >= 0.6 is 24.6 Å². The smallest absolute Gasteiger partial charge is 0.393 e. The van der Waals surface area contributed by atoms with E-state index in [1.807, 2.05) is 13.8 Å². The molecule has 260 valence electrons. The van der Waals surface area contributed by atoms with Gasteiger partial charge in [0.15, 0.2) is 0 Å². The first-order valence-electron chi connectivity index (χ1n) is 15.3. The summed E-state index contributed by atoms with van der Waals surface area (Å²) in [7, 11) is -8.12.